The van der Waals surface area contributed by atoms with Crippen LogP contribution in [0.4, 0.5) is 0 Å². The first-order valence-electron chi connectivity index (χ1n) is 7.21. The minimum absolute atomic E-state index is 0.366. The molecule has 0 aliphatic heterocycles. The lowest BCUT2D eigenvalue weighted by Crippen LogP contribution is -1.96. The molecule has 0 aliphatic carbocycles. The summed E-state index contributed by atoms with van der Waals surface area (Å²) >= 11 is 18.5. The molecule has 0 saturated heterocycles. The maximum Gasteiger partial charge on any atom is 0.164 e. The third-order valence-electron chi connectivity index (χ3n) is 3.24. The second-order valence-corrected chi connectivity index (χ2v) is 6.30. The highest BCUT2D eigenvalue weighted by Gasteiger charge is 2.11. The first kappa shape index (κ1) is 17.0. The average Bonchev–Trinajstić information content (AvgIpc) is 2.59. The number of hydrogen-bond donors (Lipinski definition) is 0. The van der Waals surface area contributed by atoms with Crippen molar-refractivity contribution in [2.24, 2.45) is 0 Å². The number of para-hydroxylation sites is 1. The number of rotatable bonds is 5. The molecule has 0 spiro atoms. The van der Waals surface area contributed by atoms with Gasteiger partial charge in [0, 0.05) is 5.02 Å². The zero-order valence-corrected chi connectivity index (χ0v) is 14.8. The Kier molecular flexibility index (Phi) is 5.52. The van der Waals surface area contributed by atoms with Gasteiger partial charge >= 0.3 is 0 Å². The fourth-order valence-electron chi connectivity index (χ4n) is 2.10. The van der Waals surface area contributed by atoms with Gasteiger partial charge in [-0.05, 0) is 54.1 Å². The van der Waals surface area contributed by atoms with Crippen LogP contribution in [0.5, 0.6) is 17.2 Å². The van der Waals surface area contributed by atoms with Crippen molar-refractivity contribution < 1.29 is 9.47 Å². The number of benzene rings is 3. The van der Waals surface area contributed by atoms with Crippen LogP contribution < -0.4 is 9.47 Å². The first-order chi connectivity index (χ1) is 11.6. The summed E-state index contributed by atoms with van der Waals surface area (Å²) in [5.41, 5.74) is 0.859. The molecule has 0 aromatic heterocycles. The van der Waals surface area contributed by atoms with E-state index in [0.29, 0.717) is 33.2 Å². The highest BCUT2D eigenvalue weighted by Crippen LogP contribution is 2.37. The van der Waals surface area contributed by atoms with E-state index in [2.05, 4.69) is 0 Å². The van der Waals surface area contributed by atoms with Gasteiger partial charge in [-0.1, -0.05) is 53.0 Å². The molecule has 2 nitrogen and oxygen atoms in total. The Morgan fingerprint density at radius 2 is 1.33 bits per heavy atom. The van der Waals surface area contributed by atoms with Gasteiger partial charge in [-0.25, -0.2) is 0 Å². The summed E-state index contributed by atoms with van der Waals surface area (Å²) in [7, 11) is 0. The molecule has 0 N–H and O–H groups in total. The van der Waals surface area contributed by atoms with Gasteiger partial charge in [0.2, 0.25) is 0 Å². The Morgan fingerprint density at radius 3 is 1.96 bits per heavy atom. The zero-order chi connectivity index (χ0) is 16.9. The van der Waals surface area contributed by atoms with Crippen molar-refractivity contribution >= 4 is 34.8 Å². The molecule has 0 unspecified atom stereocenters. The maximum absolute atomic E-state index is 6.31. The molecule has 5 heteroatoms. The van der Waals surface area contributed by atoms with E-state index >= 15 is 0 Å². The molecule has 24 heavy (non-hydrogen) atoms. The molecule has 0 heterocycles. The normalized spacial score (nSPS) is 10.5. The second kappa shape index (κ2) is 7.80. The van der Waals surface area contributed by atoms with E-state index in [0.717, 1.165) is 11.3 Å². The summed E-state index contributed by atoms with van der Waals surface area (Å²) in [6.45, 7) is 0.366. The fourth-order valence-corrected chi connectivity index (χ4v) is 2.83. The van der Waals surface area contributed by atoms with E-state index < -0.39 is 0 Å². The largest absolute Gasteiger partial charge is 0.489 e. The Labute approximate surface area is 155 Å². The summed E-state index contributed by atoms with van der Waals surface area (Å²) in [5, 5.41) is 1.47. The van der Waals surface area contributed by atoms with E-state index in [1.54, 1.807) is 36.4 Å². The number of hydrogen-bond acceptors (Lipinski definition) is 2. The minimum Gasteiger partial charge on any atom is -0.489 e. The maximum atomic E-state index is 6.31. The van der Waals surface area contributed by atoms with Crippen LogP contribution in [0.15, 0.2) is 66.7 Å². The third-order valence-corrected chi connectivity index (χ3v) is 4.05. The van der Waals surface area contributed by atoms with Crippen molar-refractivity contribution in [1.82, 2.24) is 0 Å². The lowest BCUT2D eigenvalue weighted by atomic mass is 10.2. The molecule has 0 amide bonds. The van der Waals surface area contributed by atoms with Gasteiger partial charge in [-0.2, -0.15) is 0 Å². The SMILES string of the molecule is Clc1ccc(Oc2c(Cl)cc(COc3ccccc3)cc2Cl)cc1. The van der Waals surface area contributed by atoms with Crippen LogP contribution in [-0.2, 0) is 6.61 Å². The average molecular weight is 380 g/mol. The standard InChI is InChI=1S/C19H13Cl3O2/c20-14-6-8-16(9-7-14)24-19-17(21)10-13(11-18(19)22)12-23-15-4-2-1-3-5-15/h1-11H,12H2. The molecular weight excluding hydrogens is 367 g/mol. The fraction of sp³-hybridized carbons (Fsp3) is 0.0526. The van der Waals surface area contributed by atoms with Crippen molar-refractivity contribution in [3.8, 4) is 17.2 Å². The Bertz CT molecular complexity index is 795. The van der Waals surface area contributed by atoms with Crippen LogP contribution in [-0.4, -0.2) is 0 Å². The van der Waals surface area contributed by atoms with Crippen LogP contribution in [0.1, 0.15) is 5.56 Å². The van der Waals surface area contributed by atoms with E-state index in [-0.39, 0.29) is 0 Å². The molecule has 0 saturated carbocycles. The number of halogens is 3. The van der Waals surface area contributed by atoms with Gasteiger partial charge in [-0.15, -0.1) is 0 Å². The second-order valence-electron chi connectivity index (χ2n) is 5.05. The van der Waals surface area contributed by atoms with E-state index in [1.807, 2.05) is 30.3 Å². The highest BCUT2D eigenvalue weighted by molar-refractivity contribution is 6.37. The van der Waals surface area contributed by atoms with Crippen LogP contribution in [0.3, 0.4) is 0 Å². The lowest BCUT2D eigenvalue weighted by molar-refractivity contribution is 0.306. The summed E-state index contributed by atoms with van der Waals surface area (Å²) in [5.74, 6) is 1.80. The molecule has 3 aromatic carbocycles. The Hall–Kier alpha value is -1.87. The molecule has 3 rings (SSSR count). The smallest absolute Gasteiger partial charge is 0.164 e. The topological polar surface area (TPSA) is 18.5 Å². The summed E-state index contributed by atoms with van der Waals surface area (Å²) in [6, 6.07) is 20.1. The monoisotopic (exact) mass is 378 g/mol. The van der Waals surface area contributed by atoms with Crippen LogP contribution in [0, 0.1) is 0 Å². The first-order valence-corrected chi connectivity index (χ1v) is 8.34. The molecule has 3 aromatic rings. The van der Waals surface area contributed by atoms with Gasteiger partial charge in [0.05, 0.1) is 10.0 Å². The van der Waals surface area contributed by atoms with E-state index in [4.69, 9.17) is 44.3 Å². The molecule has 0 aliphatic rings. The molecule has 0 fully saturated rings. The minimum atomic E-state index is 0.366. The Morgan fingerprint density at radius 1 is 0.708 bits per heavy atom. The molecular formula is C19H13Cl3O2. The molecule has 0 atom stereocenters. The van der Waals surface area contributed by atoms with Gasteiger partial charge in [0.15, 0.2) is 5.75 Å². The quantitative estimate of drug-likeness (QED) is 0.474. The zero-order valence-electron chi connectivity index (χ0n) is 12.5. The van der Waals surface area contributed by atoms with E-state index in [1.165, 1.54) is 0 Å². The van der Waals surface area contributed by atoms with Crippen LogP contribution in [0.25, 0.3) is 0 Å². The predicted octanol–water partition coefficient (Wildman–Crippen LogP) is 7.02. The van der Waals surface area contributed by atoms with Gasteiger partial charge in [-0.3, -0.25) is 0 Å². The van der Waals surface area contributed by atoms with Crippen LogP contribution in [0.2, 0.25) is 15.1 Å². The summed E-state index contributed by atoms with van der Waals surface area (Å²) < 4.78 is 11.4. The van der Waals surface area contributed by atoms with Crippen LogP contribution >= 0.6 is 34.8 Å². The van der Waals surface area contributed by atoms with Crippen molar-refractivity contribution in [3.63, 3.8) is 0 Å². The summed E-state index contributed by atoms with van der Waals surface area (Å²) in [6.07, 6.45) is 0. The van der Waals surface area contributed by atoms with E-state index in [9.17, 15) is 0 Å². The molecule has 0 bridgehead atoms. The third kappa shape index (κ3) is 4.35. The lowest BCUT2D eigenvalue weighted by Gasteiger charge is -2.12. The van der Waals surface area contributed by atoms with Crippen molar-refractivity contribution in [3.05, 3.63) is 87.4 Å². The number of ether oxygens (including phenoxy) is 2. The summed E-state index contributed by atoms with van der Waals surface area (Å²) in [4.78, 5) is 0. The van der Waals surface area contributed by atoms with Crippen molar-refractivity contribution in [1.29, 1.82) is 0 Å². The van der Waals surface area contributed by atoms with Gasteiger partial charge in [0.1, 0.15) is 18.1 Å². The highest BCUT2D eigenvalue weighted by atomic mass is 35.5. The molecule has 122 valence electrons. The molecule has 0 radical (unpaired) electrons. The Balaban J connectivity index is 1.74. The van der Waals surface area contributed by atoms with Crippen molar-refractivity contribution in [2.45, 2.75) is 6.61 Å². The van der Waals surface area contributed by atoms with Crippen molar-refractivity contribution in [2.75, 3.05) is 0 Å². The van der Waals surface area contributed by atoms with Gasteiger partial charge in [0.25, 0.3) is 0 Å². The van der Waals surface area contributed by atoms with Gasteiger partial charge < -0.3 is 9.47 Å². The predicted molar refractivity (Wildman–Crippen MR) is 98.8 cm³/mol.